The van der Waals surface area contributed by atoms with Gasteiger partial charge in [0, 0.05) is 24.9 Å². The number of aliphatic imine (C=N–C) groups is 4. The van der Waals surface area contributed by atoms with E-state index in [2.05, 4.69) is 20.0 Å². The van der Waals surface area contributed by atoms with Crippen molar-refractivity contribution in [3.8, 4) is 23.0 Å². The zero-order valence-corrected chi connectivity index (χ0v) is 33.2. The van der Waals surface area contributed by atoms with Crippen LogP contribution in [0.25, 0.3) is 0 Å². The molecular formula is C38H33ClMn2N4O10P+. The Hall–Kier alpha value is -4.79. The molecule has 0 aromatic heterocycles. The molecule has 290 valence electrons. The molecule has 56 heavy (non-hydrogen) atoms. The summed E-state index contributed by atoms with van der Waals surface area (Å²) in [5.74, 6) is -0.167. The van der Waals surface area contributed by atoms with Crippen LogP contribution in [0.4, 0.5) is 0 Å². The number of halogens is 1. The molecule has 0 bridgehead atoms. The van der Waals surface area contributed by atoms with Crippen LogP contribution in [0.3, 0.4) is 0 Å². The Bertz CT molecular complexity index is 1760. The fraction of sp³-hybridized carbons (Fsp3) is 0.105. The SMILES string of the molecule is O=[P+]([O-])c1ccccc1.[Mn+3].[Mn+3].[O-][Cl+3]([O-])([O-])[O-].[O-]c1ccccc1C=NCCN=Cc1ccccc1[O-].[O-]c1ccccc1C=NCCN=Cc1ccccc1[O-]. The van der Waals surface area contributed by atoms with E-state index in [0.717, 1.165) is 0 Å². The summed E-state index contributed by atoms with van der Waals surface area (Å²) in [6.45, 7) is 1.91. The molecule has 0 spiro atoms. The van der Waals surface area contributed by atoms with Crippen LogP contribution in [0.15, 0.2) is 147 Å². The van der Waals surface area contributed by atoms with Crippen molar-refractivity contribution < 1.29 is 92.9 Å². The van der Waals surface area contributed by atoms with E-state index in [4.69, 9.17) is 18.6 Å². The van der Waals surface area contributed by atoms with Gasteiger partial charge in [-0.15, -0.1) is 33.2 Å². The molecule has 0 N–H and O–H groups in total. The Kier molecular flexibility index (Phi) is 27.0. The van der Waals surface area contributed by atoms with E-state index in [0.29, 0.717) is 53.7 Å². The summed E-state index contributed by atoms with van der Waals surface area (Å²) in [6, 6.07) is 35.2. The maximum Gasteiger partial charge on any atom is 3.00 e. The van der Waals surface area contributed by atoms with Gasteiger partial charge >= 0.3 is 42.2 Å². The zero-order chi connectivity index (χ0) is 39.6. The first-order chi connectivity index (χ1) is 25.8. The number of rotatable bonds is 11. The van der Waals surface area contributed by atoms with Crippen LogP contribution < -0.4 is 49.3 Å². The third-order valence-electron chi connectivity index (χ3n) is 6.28. The summed E-state index contributed by atoms with van der Waals surface area (Å²) in [5.41, 5.74) is 2.28. The molecule has 18 heteroatoms. The Morgan fingerprint density at radius 1 is 0.429 bits per heavy atom. The van der Waals surface area contributed by atoms with Crippen molar-refractivity contribution >= 4 is 38.2 Å². The summed E-state index contributed by atoms with van der Waals surface area (Å²) < 4.78 is 44.2. The molecule has 5 rings (SSSR count). The van der Waals surface area contributed by atoms with Gasteiger partial charge in [0.1, 0.15) is 0 Å². The van der Waals surface area contributed by atoms with Crippen molar-refractivity contribution in [2.75, 3.05) is 26.2 Å². The van der Waals surface area contributed by atoms with Crippen molar-refractivity contribution in [2.24, 2.45) is 20.0 Å². The largest absolute Gasteiger partial charge is 3.00 e. The van der Waals surface area contributed by atoms with Gasteiger partial charge in [0.15, 0.2) is 5.30 Å². The van der Waals surface area contributed by atoms with E-state index in [9.17, 15) is 29.9 Å². The molecule has 1 unspecified atom stereocenters. The maximum absolute atomic E-state index is 11.4. The van der Waals surface area contributed by atoms with Gasteiger partial charge in [-0.25, -0.2) is 18.6 Å². The summed E-state index contributed by atoms with van der Waals surface area (Å²) in [7, 11) is -7.34. The fourth-order valence-electron chi connectivity index (χ4n) is 3.78. The monoisotopic (exact) mass is 881 g/mol. The van der Waals surface area contributed by atoms with Gasteiger partial charge in [0.2, 0.25) is 0 Å². The minimum atomic E-state index is -4.94. The first-order valence-electron chi connectivity index (χ1n) is 15.7. The molecule has 0 saturated heterocycles. The van der Waals surface area contributed by atoms with Crippen molar-refractivity contribution in [1.82, 2.24) is 0 Å². The second-order valence-corrected chi connectivity index (χ2v) is 12.0. The molecule has 0 aliphatic carbocycles. The second-order valence-electron chi connectivity index (χ2n) is 10.3. The molecule has 0 saturated carbocycles. The van der Waals surface area contributed by atoms with Gasteiger partial charge in [-0.05, 0) is 34.4 Å². The molecule has 0 fully saturated rings. The topological polar surface area (TPSA) is 274 Å². The Morgan fingerprint density at radius 3 is 0.839 bits per heavy atom. The van der Waals surface area contributed by atoms with E-state index in [1.54, 1.807) is 128 Å². The summed E-state index contributed by atoms with van der Waals surface area (Å²) >= 11 is 0. The van der Waals surface area contributed by atoms with Crippen LogP contribution in [0.1, 0.15) is 22.3 Å². The average Bonchev–Trinajstić information content (AvgIpc) is 3.14. The predicted octanol–water partition coefficient (Wildman–Crippen LogP) is -1.60. The van der Waals surface area contributed by atoms with Crippen LogP contribution >= 0.6 is 8.03 Å². The molecule has 1 atom stereocenters. The molecule has 5 aromatic carbocycles. The van der Waals surface area contributed by atoms with E-state index >= 15 is 0 Å². The minimum absolute atomic E-state index is 0. The van der Waals surface area contributed by atoms with Crippen molar-refractivity contribution in [3.05, 3.63) is 150 Å². The van der Waals surface area contributed by atoms with Crippen LogP contribution in [0.2, 0.25) is 0 Å². The van der Waals surface area contributed by atoms with Crippen molar-refractivity contribution in [1.29, 1.82) is 0 Å². The molecule has 0 radical (unpaired) electrons. The Morgan fingerprint density at radius 2 is 0.643 bits per heavy atom. The summed E-state index contributed by atoms with van der Waals surface area (Å²) in [5, 5.41) is 46.0. The fourth-order valence-corrected chi connectivity index (χ4v) is 4.20. The zero-order valence-electron chi connectivity index (χ0n) is 29.2. The van der Waals surface area contributed by atoms with Crippen LogP contribution in [0.5, 0.6) is 23.0 Å². The van der Waals surface area contributed by atoms with Crippen LogP contribution in [0, 0.1) is 10.2 Å². The Balaban J connectivity index is 0.000000790. The van der Waals surface area contributed by atoms with Gasteiger partial charge < -0.3 is 25.3 Å². The standard InChI is InChI=1S/2C16H16N2O2.C6H5O2P.ClHO4.2Mn/c2*19-15-7-3-1-5-13(15)11-17-9-10-18-12-14-6-2-4-8-16(14)20;7-9(8)6-4-2-1-3-5-6;2-1(3,4)5;;/h2*1-8,11-12,19-20H,9-10H2;1-5H;(H,2,3,4,5);;/q;;;;2*+3/p-5. The molecule has 0 amide bonds. The number of benzene rings is 5. The average molecular weight is 882 g/mol. The van der Waals surface area contributed by atoms with Crippen LogP contribution in [-0.4, -0.2) is 51.0 Å². The van der Waals surface area contributed by atoms with Gasteiger partial charge in [-0.1, -0.05) is 120 Å². The third-order valence-corrected chi connectivity index (χ3v) is 7.00. The molecule has 0 aliphatic rings. The molecule has 0 aliphatic heterocycles. The first kappa shape index (κ1) is 51.2. The van der Waals surface area contributed by atoms with Gasteiger partial charge in [-0.2, -0.15) is 0 Å². The van der Waals surface area contributed by atoms with Crippen molar-refractivity contribution in [2.45, 2.75) is 0 Å². The van der Waals surface area contributed by atoms with Gasteiger partial charge in [0.05, 0.1) is 26.2 Å². The number of nitrogens with zero attached hydrogens (tertiary/aromatic N) is 4. The molecular weight excluding hydrogens is 849 g/mol. The van der Waals surface area contributed by atoms with Crippen LogP contribution in [-0.2, 0) is 38.7 Å². The predicted molar refractivity (Wildman–Crippen MR) is 187 cm³/mol. The molecule has 5 aromatic rings. The second kappa shape index (κ2) is 29.5. The van der Waals surface area contributed by atoms with Crippen molar-refractivity contribution in [3.63, 3.8) is 0 Å². The quantitative estimate of drug-likeness (QED) is 0.0634. The number of hydrogen-bond donors (Lipinski definition) is 0. The smallest absolute Gasteiger partial charge is 0.872 e. The third kappa shape index (κ3) is 23.9. The summed E-state index contributed by atoms with van der Waals surface area (Å²) in [6.07, 6.45) is 6.22. The van der Waals surface area contributed by atoms with E-state index in [1.165, 1.54) is 24.3 Å². The van der Waals surface area contributed by atoms with E-state index < -0.39 is 18.3 Å². The first-order valence-corrected chi connectivity index (χ1v) is 18.1. The van der Waals surface area contributed by atoms with E-state index in [-0.39, 0.29) is 57.1 Å². The minimum Gasteiger partial charge on any atom is -0.872 e. The van der Waals surface area contributed by atoms with E-state index in [1.807, 2.05) is 0 Å². The number of hydrogen-bond acceptors (Lipinski definition) is 14. The molecule has 14 nitrogen and oxygen atoms in total. The Labute approximate surface area is 348 Å². The normalized spacial score (nSPS) is 11.0. The maximum atomic E-state index is 11.4. The number of para-hydroxylation sites is 4. The summed E-state index contributed by atoms with van der Waals surface area (Å²) in [4.78, 5) is 26.8. The van der Waals surface area contributed by atoms with Gasteiger partial charge in [0.25, 0.3) is 0 Å². The van der Waals surface area contributed by atoms with Gasteiger partial charge in [-0.3, -0.25) is 20.0 Å². The molecule has 0 heterocycles.